The highest BCUT2D eigenvalue weighted by atomic mass is 19.4. The maximum absolute atomic E-state index is 12.8. The van der Waals surface area contributed by atoms with Gasteiger partial charge in [-0.25, -0.2) is 9.97 Å². The summed E-state index contributed by atoms with van der Waals surface area (Å²) in [6.07, 6.45) is -6.79. The van der Waals surface area contributed by atoms with Crippen LogP contribution in [0, 0.1) is 0 Å². The molecule has 0 saturated carbocycles. The lowest BCUT2D eigenvalue weighted by Crippen LogP contribution is -2.15. The predicted molar refractivity (Wildman–Crippen MR) is 77.1 cm³/mol. The lowest BCUT2D eigenvalue weighted by atomic mass is 9.75. The first kappa shape index (κ1) is 18.1. The second-order valence-electron chi connectivity index (χ2n) is 4.90. The van der Waals surface area contributed by atoms with Gasteiger partial charge in [-0.1, -0.05) is 12.3 Å². The summed E-state index contributed by atoms with van der Waals surface area (Å²) in [5, 5.41) is 2.60. The van der Waals surface area contributed by atoms with E-state index in [-0.39, 0.29) is 24.1 Å². The molecule has 1 aromatic carbocycles. The Kier molecular flexibility index (Phi) is 5.05. The van der Waals surface area contributed by atoms with E-state index in [1.54, 1.807) is 14.1 Å². The third-order valence-corrected chi connectivity index (χ3v) is 3.10. The van der Waals surface area contributed by atoms with E-state index >= 15 is 0 Å². The monoisotopic (exact) mass is 346 g/mol. The van der Waals surface area contributed by atoms with E-state index in [1.807, 2.05) is 0 Å². The van der Waals surface area contributed by atoms with Crippen molar-refractivity contribution in [1.29, 1.82) is 0 Å². The molecule has 2 aromatic rings. The summed E-state index contributed by atoms with van der Waals surface area (Å²) in [6.45, 7) is 1.50. The average Bonchev–Trinajstić information content (AvgIpc) is 2.51. The number of alkyl halides is 6. The predicted octanol–water partition coefficient (Wildman–Crippen LogP) is 3.50. The normalized spacial score (nSPS) is 12.1. The molecule has 1 aromatic heterocycles. The van der Waals surface area contributed by atoms with Crippen molar-refractivity contribution in [2.24, 2.45) is 0 Å². The fourth-order valence-corrected chi connectivity index (χ4v) is 1.88. The van der Waals surface area contributed by atoms with Crippen molar-refractivity contribution >= 4 is 18.7 Å². The molecule has 0 aliphatic heterocycles. The van der Waals surface area contributed by atoms with Gasteiger partial charge in [0.1, 0.15) is 0 Å². The molecule has 0 spiro atoms. The van der Waals surface area contributed by atoms with Crippen LogP contribution in [0.5, 0.6) is 0 Å². The van der Waals surface area contributed by atoms with Crippen LogP contribution in [0.3, 0.4) is 0 Å². The van der Waals surface area contributed by atoms with Crippen molar-refractivity contribution in [3.05, 3.63) is 47.3 Å². The zero-order valence-electron chi connectivity index (χ0n) is 12.3. The van der Waals surface area contributed by atoms with E-state index in [0.29, 0.717) is 12.1 Å². The summed E-state index contributed by atoms with van der Waals surface area (Å²) in [5.41, 5.74) is -2.15. The van der Waals surface area contributed by atoms with Crippen molar-refractivity contribution in [1.82, 2.24) is 9.97 Å². The van der Waals surface area contributed by atoms with Crippen LogP contribution in [0.1, 0.15) is 16.7 Å². The topological polar surface area (TPSA) is 37.8 Å². The van der Waals surface area contributed by atoms with E-state index in [4.69, 9.17) is 0 Å². The highest BCUT2D eigenvalue weighted by Gasteiger charge is 2.36. The van der Waals surface area contributed by atoms with Crippen LogP contribution in [0.25, 0.3) is 0 Å². The van der Waals surface area contributed by atoms with Crippen LogP contribution < -0.4 is 10.8 Å². The summed E-state index contributed by atoms with van der Waals surface area (Å²) in [7, 11) is 1.74. The molecule has 10 heteroatoms. The molecule has 1 radical (unpaired) electrons. The Morgan fingerprint density at radius 3 is 1.83 bits per heavy atom. The minimum atomic E-state index is -4.87. The summed E-state index contributed by atoms with van der Waals surface area (Å²) in [5.74, 6) is 0.103. The van der Waals surface area contributed by atoms with Crippen LogP contribution in [0.4, 0.5) is 32.3 Å². The Morgan fingerprint density at radius 2 is 1.42 bits per heavy atom. The van der Waals surface area contributed by atoms with Crippen molar-refractivity contribution in [2.75, 3.05) is 5.32 Å². The first-order valence-corrected chi connectivity index (χ1v) is 6.73. The Labute approximate surface area is 134 Å². The van der Waals surface area contributed by atoms with Crippen LogP contribution in [-0.4, -0.2) is 17.2 Å². The Hall–Kier alpha value is -2.26. The molecule has 0 unspecified atom stereocenters. The largest absolute Gasteiger partial charge is 0.416 e. The average molecular weight is 346 g/mol. The molecule has 2 rings (SSSR count). The zero-order valence-corrected chi connectivity index (χ0v) is 12.3. The molecule has 127 valence electrons. The van der Waals surface area contributed by atoms with E-state index in [2.05, 4.69) is 15.3 Å². The summed E-state index contributed by atoms with van der Waals surface area (Å²) in [6, 6.07) is 1.42. The summed E-state index contributed by atoms with van der Waals surface area (Å²) in [4.78, 5) is 7.82. The van der Waals surface area contributed by atoms with Gasteiger partial charge in [-0.3, -0.25) is 0 Å². The Balaban J connectivity index is 2.24. The molecule has 3 nitrogen and oxygen atoms in total. The van der Waals surface area contributed by atoms with Gasteiger partial charge in [-0.15, -0.1) is 0 Å². The minimum Gasteiger partial charge on any atom is -0.350 e. The third kappa shape index (κ3) is 4.62. The number of rotatable bonds is 4. The van der Waals surface area contributed by atoms with E-state index in [9.17, 15) is 26.3 Å². The second-order valence-corrected chi connectivity index (χ2v) is 4.90. The van der Waals surface area contributed by atoms with Crippen LogP contribution in [0.2, 0.25) is 6.82 Å². The van der Waals surface area contributed by atoms with Crippen LogP contribution in [0.15, 0.2) is 30.6 Å². The highest BCUT2D eigenvalue weighted by molar-refractivity contribution is 6.51. The number of hydrogen-bond acceptors (Lipinski definition) is 3. The number of hydrogen-bond donors (Lipinski definition) is 1. The number of nitrogens with zero attached hydrogens (tertiary/aromatic N) is 2. The van der Waals surface area contributed by atoms with Crippen molar-refractivity contribution in [3.63, 3.8) is 0 Å². The fourth-order valence-electron chi connectivity index (χ4n) is 1.88. The smallest absolute Gasteiger partial charge is 0.350 e. The van der Waals surface area contributed by atoms with E-state index in [0.717, 1.165) is 5.46 Å². The Morgan fingerprint density at radius 1 is 0.917 bits per heavy atom. The lowest BCUT2D eigenvalue weighted by molar-refractivity contribution is -0.143. The second kappa shape index (κ2) is 6.70. The van der Waals surface area contributed by atoms with Crippen molar-refractivity contribution in [2.45, 2.75) is 25.7 Å². The molecule has 0 aliphatic rings. The van der Waals surface area contributed by atoms with Gasteiger partial charge < -0.3 is 5.32 Å². The molecule has 0 saturated heterocycles. The van der Waals surface area contributed by atoms with Gasteiger partial charge in [0.2, 0.25) is 5.95 Å². The summed E-state index contributed by atoms with van der Waals surface area (Å²) >= 11 is 0. The third-order valence-electron chi connectivity index (χ3n) is 3.10. The molecule has 0 amide bonds. The molecule has 0 aliphatic carbocycles. The van der Waals surface area contributed by atoms with Gasteiger partial charge in [-0.2, -0.15) is 26.3 Å². The lowest BCUT2D eigenvalue weighted by Gasteiger charge is -2.14. The number of benzene rings is 1. The molecule has 24 heavy (non-hydrogen) atoms. The van der Waals surface area contributed by atoms with Gasteiger partial charge in [0.25, 0.3) is 0 Å². The molecule has 0 bridgehead atoms. The molecule has 0 atom stereocenters. The first-order chi connectivity index (χ1) is 11.1. The maximum atomic E-state index is 12.8. The SMILES string of the molecule is C[B]c1cnc(NCc2cc(C(F)(F)F)cc(C(F)(F)F)c2)nc1. The highest BCUT2D eigenvalue weighted by Crippen LogP contribution is 2.36. The molecule has 1 heterocycles. The number of aromatic nitrogens is 2. The minimum absolute atomic E-state index is 0.0892. The van der Waals surface area contributed by atoms with Crippen LogP contribution >= 0.6 is 0 Å². The molecule has 1 N–H and O–H groups in total. The first-order valence-electron chi connectivity index (χ1n) is 6.73. The fraction of sp³-hybridized carbons (Fsp3) is 0.286. The zero-order chi connectivity index (χ0) is 18.0. The van der Waals surface area contributed by atoms with Crippen LogP contribution in [-0.2, 0) is 18.9 Å². The van der Waals surface area contributed by atoms with Gasteiger partial charge >= 0.3 is 12.4 Å². The van der Waals surface area contributed by atoms with Gasteiger partial charge in [0, 0.05) is 18.9 Å². The quantitative estimate of drug-likeness (QED) is 0.680. The summed E-state index contributed by atoms with van der Waals surface area (Å²) < 4.78 is 76.6. The van der Waals surface area contributed by atoms with Gasteiger partial charge in [0.15, 0.2) is 7.28 Å². The number of nitrogens with one attached hydrogen (secondary N) is 1. The van der Waals surface area contributed by atoms with E-state index in [1.165, 1.54) is 12.4 Å². The molecular formula is C14H11BF6N3. The maximum Gasteiger partial charge on any atom is 0.416 e. The van der Waals surface area contributed by atoms with E-state index < -0.39 is 23.5 Å². The molecular weight excluding hydrogens is 335 g/mol. The standard InChI is InChI=1S/C14H11BF6N3/c1-15-11-6-23-12(24-7-11)22-5-8-2-9(13(16,17)18)4-10(3-8)14(19,20)21/h2-4,6-7H,5H2,1H3,(H,22,23,24). The Bertz CT molecular complexity index is 665. The van der Waals surface area contributed by atoms with Gasteiger partial charge in [-0.05, 0) is 23.8 Å². The number of halogens is 6. The van der Waals surface area contributed by atoms with Gasteiger partial charge in [0.05, 0.1) is 11.1 Å². The van der Waals surface area contributed by atoms with Crippen molar-refractivity contribution in [3.8, 4) is 0 Å². The molecule has 0 fully saturated rings. The number of anilines is 1. The van der Waals surface area contributed by atoms with Crippen molar-refractivity contribution < 1.29 is 26.3 Å².